The number of primary amides is 1. The van der Waals surface area contributed by atoms with E-state index in [1.807, 2.05) is 12.1 Å². The Kier molecular flexibility index (Phi) is 11.3. The number of furan rings is 1. The number of amides is 2. The summed E-state index contributed by atoms with van der Waals surface area (Å²) >= 11 is 0. The fraction of sp³-hybridized carbons (Fsp3) is 0.700. The second-order valence-electron chi connectivity index (χ2n) is 7.54. The van der Waals surface area contributed by atoms with E-state index in [4.69, 9.17) is 19.9 Å². The Bertz CT molecular complexity index is 628. The van der Waals surface area contributed by atoms with Crippen molar-refractivity contribution in [3.63, 3.8) is 0 Å². The van der Waals surface area contributed by atoms with Crippen LogP contribution in [0.3, 0.4) is 0 Å². The maximum atomic E-state index is 11.3. The Morgan fingerprint density at radius 1 is 1.23 bits per heavy atom. The van der Waals surface area contributed by atoms with Gasteiger partial charge in [-0.1, -0.05) is 0 Å². The highest BCUT2D eigenvalue weighted by atomic mass is 127. The minimum absolute atomic E-state index is 0. The molecule has 0 atom stereocenters. The third-order valence-electron chi connectivity index (χ3n) is 5.40. The number of guanidine groups is 1. The lowest BCUT2D eigenvalue weighted by Gasteiger charge is -2.32. The summed E-state index contributed by atoms with van der Waals surface area (Å²) in [5, 5.41) is 6.95. The van der Waals surface area contributed by atoms with Gasteiger partial charge < -0.3 is 30.4 Å². The van der Waals surface area contributed by atoms with E-state index in [1.54, 1.807) is 11.2 Å². The molecule has 0 spiro atoms. The van der Waals surface area contributed by atoms with Gasteiger partial charge in [-0.2, -0.15) is 0 Å². The number of aliphatic imine (C=N–C) groups is 1. The molecule has 0 aliphatic carbocycles. The lowest BCUT2D eigenvalue weighted by molar-refractivity contribution is 0.0377. The number of piperidine rings is 1. The third-order valence-corrected chi connectivity index (χ3v) is 5.40. The van der Waals surface area contributed by atoms with Gasteiger partial charge in [-0.3, -0.25) is 9.89 Å². The standard InChI is InChI=1S/C20H34N6O3.HI/c21-19(27)26-10-5-17(6-11-26)24-20(23-8-4-18-3-1-14-29-18)22-7-2-9-25-12-15-28-16-13-25;/h1,3,14,17H,2,4-13,15-16H2,(H2,21,27)(H2,22,23,24);1H. The van der Waals surface area contributed by atoms with Crippen molar-refractivity contribution in [1.29, 1.82) is 0 Å². The summed E-state index contributed by atoms with van der Waals surface area (Å²) in [5.41, 5.74) is 5.38. The number of carbonyl (C=O) groups excluding carboxylic acids is 1. The second-order valence-corrected chi connectivity index (χ2v) is 7.54. The molecule has 0 aromatic carbocycles. The molecular weight excluding hydrogens is 499 g/mol. The van der Waals surface area contributed by atoms with Gasteiger partial charge >= 0.3 is 6.03 Å². The fourth-order valence-electron chi connectivity index (χ4n) is 3.66. The van der Waals surface area contributed by atoms with E-state index in [0.717, 1.165) is 83.3 Å². The molecule has 1 aromatic rings. The first-order valence-corrected chi connectivity index (χ1v) is 10.6. The minimum Gasteiger partial charge on any atom is -0.469 e. The van der Waals surface area contributed by atoms with Crippen molar-refractivity contribution in [3.05, 3.63) is 24.2 Å². The summed E-state index contributed by atoms with van der Waals surface area (Å²) in [6, 6.07) is 3.84. The Hall–Kier alpha value is -1.53. The van der Waals surface area contributed by atoms with E-state index in [-0.39, 0.29) is 30.0 Å². The molecule has 4 N–H and O–H groups in total. The fourth-order valence-corrected chi connectivity index (χ4v) is 3.66. The van der Waals surface area contributed by atoms with Crippen LogP contribution in [-0.2, 0) is 11.2 Å². The van der Waals surface area contributed by atoms with E-state index >= 15 is 0 Å². The number of nitrogens with zero attached hydrogens (tertiary/aromatic N) is 3. The summed E-state index contributed by atoms with van der Waals surface area (Å²) in [7, 11) is 0. The Morgan fingerprint density at radius 3 is 2.67 bits per heavy atom. The number of nitrogens with two attached hydrogens (primary N) is 1. The lowest BCUT2D eigenvalue weighted by atomic mass is 10.1. The van der Waals surface area contributed by atoms with Crippen LogP contribution in [0.1, 0.15) is 25.0 Å². The van der Waals surface area contributed by atoms with Gasteiger partial charge in [-0.05, 0) is 31.4 Å². The molecule has 10 heteroatoms. The number of hydrogen-bond acceptors (Lipinski definition) is 5. The highest BCUT2D eigenvalue weighted by Crippen LogP contribution is 2.10. The van der Waals surface area contributed by atoms with Crippen LogP contribution in [0.5, 0.6) is 0 Å². The molecule has 2 aliphatic rings. The first-order chi connectivity index (χ1) is 14.2. The molecule has 2 amide bonds. The molecule has 2 aliphatic heterocycles. The molecule has 0 saturated carbocycles. The second kappa shape index (κ2) is 13.7. The van der Waals surface area contributed by atoms with E-state index in [1.165, 1.54) is 0 Å². The molecule has 30 heavy (non-hydrogen) atoms. The average Bonchev–Trinajstić information content (AvgIpc) is 3.25. The van der Waals surface area contributed by atoms with E-state index in [9.17, 15) is 4.79 Å². The van der Waals surface area contributed by atoms with Crippen molar-refractivity contribution in [2.75, 3.05) is 59.0 Å². The average molecular weight is 534 g/mol. The number of likely N-dealkylation sites (tertiary alicyclic amines) is 1. The van der Waals surface area contributed by atoms with Gasteiger partial charge in [-0.15, -0.1) is 24.0 Å². The zero-order chi connectivity index (χ0) is 20.3. The van der Waals surface area contributed by atoms with Crippen molar-refractivity contribution >= 4 is 36.0 Å². The summed E-state index contributed by atoms with van der Waals surface area (Å²) in [5.74, 6) is 1.79. The molecule has 9 nitrogen and oxygen atoms in total. The van der Waals surface area contributed by atoms with Gasteiger partial charge in [0.2, 0.25) is 0 Å². The molecule has 3 rings (SSSR count). The molecule has 2 saturated heterocycles. The van der Waals surface area contributed by atoms with Gasteiger partial charge in [-0.25, -0.2) is 4.79 Å². The number of carbonyl (C=O) groups is 1. The van der Waals surface area contributed by atoms with Crippen LogP contribution in [0.4, 0.5) is 4.79 Å². The van der Waals surface area contributed by atoms with Crippen LogP contribution in [-0.4, -0.2) is 86.9 Å². The van der Waals surface area contributed by atoms with Crippen molar-refractivity contribution in [2.45, 2.75) is 31.7 Å². The molecule has 3 heterocycles. The van der Waals surface area contributed by atoms with Crippen LogP contribution in [0.25, 0.3) is 0 Å². The number of ether oxygens (including phenoxy) is 1. The molecule has 0 radical (unpaired) electrons. The zero-order valence-corrected chi connectivity index (χ0v) is 19.9. The van der Waals surface area contributed by atoms with Gasteiger partial charge in [0.25, 0.3) is 0 Å². The van der Waals surface area contributed by atoms with Crippen LogP contribution in [0.15, 0.2) is 27.8 Å². The Labute approximate surface area is 195 Å². The molecule has 0 unspecified atom stereocenters. The van der Waals surface area contributed by atoms with E-state index < -0.39 is 0 Å². The highest BCUT2D eigenvalue weighted by molar-refractivity contribution is 14.0. The Morgan fingerprint density at radius 2 is 2.00 bits per heavy atom. The molecule has 1 aromatic heterocycles. The van der Waals surface area contributed by atoms with Gasteiger partial charge in [0.1, 0.15) is 5.76 Å². The first kappa shape index (κ1) is 24.7. The topological polar surface area (TPSA) is 108 Å². The number of halogens is 1. The first-order valence-electron chi connectivity index (χ1n) is 10.6. The predicted molar refractivity (Wildman–Crippen MR) is 127 cm³/mol. The SMILES string of the molecule is I.NC(=O)N1CCC(NC(=NCCCN2CCOCC2)NCCc2ccco2)CC1. The van der Waals surface area contributed by atoms with Gasteiger partial charge in [0.15, 0.2) is 5.96 Å². The minimum atomic E-state index is -0.336. The number of morpholine rings is 1. The normalized spacial score (nSPS) is 18.7. The Balaban J connectivity index is 0.00000320. The zero-order valence-electron chi connectivity index (χ0n) is 17.6. The van der Waals surface area contributed by atoms with Crippen molar-refractivity contribution in [2.24, 2.45) is 10.7 Å². The van der Waals surface area contributed by atoms with Crippen molar-refractivity contribution in [3.8, 4) is 0 Å². The lowest BCUT2D eigenvalue weighted by Crippen LogP contribution is -2.51. The van der Waals surface area contributed by atoms with E-state index in [0.29, 0.717) is 19.1 Å². The summed E-state index contributed by atoms with van der Waals surface area (Å²) in [4.78, 5) is 20.2. The maximum absolute atomic E-state index is 11.3. The van der Waals surface area contributed by atoms with Crippen LogP contribution >= 0.6 is 24.0 Å². The van der Waals surface area contributed by atoms with Crippen molar-refractivity contribution in [1.82, 2.24) is 20.4 Å². The largest absolute Gasteiger partial charge is 0.469 e. The number of urea groups is 1. The molecular formula is C20H35IN6O3. The number of hydrogen-bond donors (Lipinski definition) is 3. The molecule has 170 valence electrons. The monoisotopic (exact) mass is 534 g/mol. The number of rotatable bonds is 8. The van der Waals surface area contributed by atoms with Crippen molar-refractivity contribution < 1.29 is 13.9 Å². The van der Waals surface area contributed by atoms with Crippen LogP contribution in [0, 0.1) is 0 Å². The van der Waals surface area contributed by atoms with Gasteiger partial charge in [0, 0.05) is 58.3 Å². The predicted octanol–water partition coefficient (Wildman–Crippen LogP) is 1.24. The summed E-state index contributed by atoms with van der Waals surface area (Å²) < 4.78 is 10.8. The molecule has 2 fully saturated rings. The summed E-state index contributed by atoms with van der Waals surface area (Å²) in [6.45, 7) is 7.61. The number of nitrogens with one attached hydrogen (secondary N) is 2. The molecule has 0 bridgehead atoms. The quantitative estimate of drug-likeness (QED) is 0.201. The highest BCUT2D eigenvalue weighted by Gasteiger charge is 2.21. The third kappa shape index (κ3) is 8.68. The summed E-state index contributed by atoms with van der Waals surface area (Å²) in [6.07, 6.45) is 5.26. The maximum Gasteiger partial charge on any atom is 0.314 e. The van der Waals surface area contributed by atoms with Crippen LogP contribution < -0.4 is 16.4 Å². The van der Waals surface area contributed by atoms with E-state index in [2.05, 4.69) is 15.5 Å². The van der Waals surface area contributed by atoms with Gasteiger partial charge in [0.05, 0.1) is 19.5 Å². The smallest absolute Gasteiger partial charge is 0.314 e. The van der Waals surface area contributed by atoms with Crippen LogP contribution in [0.2, 0.25) is 0 Å².